The number of sulfonamides is 1. The Balaban J connectivity index is 1.87. The van der Waals surface area contributed by atoms with E-state index in [0.717, 1.165) is 11.3 Å². The standard InChI is InChI=1S/C23H25N3O3S/c1-15-10-12-18(13-11-15)30(28,29)25-22-21-20(19(27)14-23(22,3)4)16(2)24-26(21)17-8-6-5-7-9-17/h5-13,22,25H,14H2,1-4H3. The number of fused-ring (bicyclic) bond motifs is 1. The molecule has 1 aliphatic rings. The van der Waals surface area contributed by atoms with Crippen LogP contribution in [0.4, 0.5) is 0 Å². The van der Waals surface area contributed by atoms with E-state index in [4.69, 9.17) is 0 Å². The van der Waals surface area contributed by atoms with Crippen molar-refractivity contribution in [3.8, 4) is 5.69 Å². The number of rotatable bonds is 4. The van der Waals surface area contributed by atoms with E-state index in [1.54, 1.807) is 35.9 Å². The second kappa shape index (κ2) is 7.18. The maximum absolute atomic E-state index is 13.2. The van der Waals surface area contributed by atoms with E-state index in [2.05, 4.69) is 9.82 Å². The van der Waals surface area contributed by atoms with Crippen LogP contribution in [-0.2, 0) is 10.0 Å². The Hall–Kier alpha value is -2.77. The van der Waals surface area contributed by atoms with Gasteiger partial charge < -0.3 is 0 Å². The molecule has 0 bridgehead atoms. The fraction of sp³-hybridized carbons (Fsp3) is 0.304. The molecule has 3 aromatic rings. The Morgan fingerprint density at radius 2 is 1.67 bits per heavy atom. The van der Waals surface area contributed by atoms with Gasteiger partial charge in [-0.3, -0.25) is 4.79 Å². The molecule has 0 aliphatic heterocycles. The average molecular weight is 424 g/mol. The largest absolute Gasteiger partial charge is 0.294 e. The monoisotopic (exact) mass is 423 g/mol. The van der Waals surface area contributed by atoms with E-state index in [0.29, 0.717) is 17.0 Å². The number of aryl methyl sites for hydroxylation is 2. The molecule has 1 aliphatic carbocycles. The van der Waals surface area contributed by atoms with Crippen LogP contribution < -0.4 is 4.72 Å². The summed E-state index contributed by atoms with van der Waals surface area (Å²) in [7, 11) is -3.80. The van der Waals surface area contributed by atoms with Gasteiger partial charge in [-0.25, -0.2) is 17.8 Å². The van der Waals surface area contributed by atoms with Crippen LogP contribution in [0.1, 0.15) is 53.6 Å². The second-order valence-electron chi connectivity index (χ2n) is 8.55. The average Bonchev–Trinajstić information content (AvgIpc) is 3.03. The molecule has 1 unspecified atom stereocenters. The molecule has 4 rings (SSSR count). The van der Waals surface area contributed by atoms with Crippen LogP contribution in [0.15, 0.2) is 59.5 Å². The summed E-state index contributed by atoms with van der Waals surface area (Å²) in [6.07, 6.45) is 0.238. The van der Waals surface area contributed by atoms with Crippen molar-refractivity contribution in [2.45, 2.75) is 45.1 Å². The quantitative estimate of drug-likeness (QED) is 0.684. The highest BCUT2D eigenvalue weighted by molar-refractivity contribution is 7.89. The summed E-state index contributed by atoms with van der Waals surface area (Å²) in [6.45, 7) is 7.52. The van der Waals surface area contributed by atoms with Gasteiger partial charge in [0.25, 0.3) is 0 Å². The SMILES string of the molecule is Cc1ccc(S(=O)(=O)NC2c3c(c(C)nn3-c3ccccc3)C(=O)CC2(C)C)cc1. The van der Waals surface area contributed by atoms with E-state index < -0.39 is 21.5 Å². The van der Waals surface area contributed by atoms with Gasteiger partial charge in [0.1, 0.15) is 0 Å². The lowest BCUT2D eigenvalue weighted by Crippen LogP contribution is -2.43. The molecular weight excluding hydrogens is 398 g/mol. The van der Waals surface area contributed by atoms with Crippen LogP contribution >= 0.6 is 0 Å². The molecule has 1 N–H and O–H groups in total. The van der Waals surface area contributed by atoms with E-state index in [-0.39, 0.29) is 17.1 Å². The van der Waals surface area contributed by atoms with Crippen LogP contribution in [0.25, 0.3) is 5.69 Å². The number of aromatic nitrogens is 2. The van der Waals surface area contributed by atoms with Crippen molar-refractivity contribution in [1.29, 1.82) is 0 Å². The van der Waals surface area contributed by atoms with Crippen LogP contribution in [0.3, 0.4) is 0 Å². The first-order valence-electron chi connectivity index (χ1n) is 9.87. The summed E-state index contributed by atoms with van der Waals surface area (Å²) in [5, 5.41) is 4.60. The first kappa shape index (κ1) is 20.5. The van der Waals surface area contributed by atoms with Crippen molar-refractivity contribution in [1.82, 2.24) is 14.5 Å². The molecule has 1 heterocycles. The molecule has 0 radical (unpaired) electrons. The Morgan fingerprint density at radius 1 is 1.03 bits per heavy atom. The normalized spacial score (nSPS) is 18.3. The number of ketones is 1. The minimum Gasteiger partial charge on any atom is -0.294 e. The number of hydrogen-bond donors (Lipinski definition) is 1. The van der Waals surface area contributed by atoms with Gasteiger partial charge in [0.05, 0.1) is 33.6 Å². The highest BCUT2D eigenvalue weighted by atomic mass is 32.2. The van der Waals surface area contributed by atoms with Gasteiger partial charge in [0.2, 0.25) is 10.0 Å². The Morgan fingerprint density at radius 3 is 2.30 bits per heavy atom. The zero-order chi connectivity index (χ0) is 21.7. The lowest BCUT2D eigenvalue weighted by atomic mass is 9.72. The fourth-order valence-corrected chi connectivity index (χ4v) is 5.42. The van der Waals surface area contributed by atoms with Crippen molar-refractivity contribution in [2.24, 2.45) is 5.41 Å². The van der Waals surface area contributed by atoms with Gasteiger partial charge in [-0.05, 0) is 43.5 Å². The molecule has 156 valence electrons. The molecule has 0 saturated carbocycles. The summed E-state index contributed by atoms with van der Waals surface area (Å²) in [5.41, 5.74) is 2.85. The van der Waals surface area contributed by atoms with E-state index in [1.165, 1.54) is 0 Å². The van der Waals surface area contributed by atoms with Gasteiger partial charge in [-0.1, -0.05) is 49.7 Å². The lowest BCUT2D eigenvalue weighted by molar-refractivity contribution is 0.0873. The molecule has 0 spiro atoms. The second-order valence-corrected chi connectivity index (χ2v) is 10.3. The zero-order valence-electron chi connectivity index (χ0n) is 17.5. The van der Waals surface area contributed by atoms with Crippen LogP contribution in [-0.4, -0.2) is 24.0 Å². The Bertz CT molecular complexity index is 1210. The van der Waals surface area contributed by atoms with E-state index in [1.807, 2.05) is 51.1 Å². The number of nitrogens with one attached hydrogen (secondary N) is 1. The molecule has 0 saturated heterocycles. The lowest BCUT2D eigenvalue weighted by Gasteiger charge is -2.38. The Labute approximate surface area is 177 Å². The third-order valence-corrected chi connectivity index (χ3v) is 7.09. The molecule has 6 nitrogen and oxygen atoms in total. The number of carbonyl (C=O) groups excluding carboxylic acids is 1. The topological polar surface area (TPSA) is 81.1 Å². The number of nitrogens with zero attached hydrogens (tertiary/aromatic N) is 2. The van der Waals surface area contributed by atoms with Gasteiger partial charge in [-0.15, -0.1) is 0 Å². The van der Waals surface area contributed by atoms with Gasteiger partial charge in [-0.2, -0.15) is 5.10 Å². The number of carbonyl (C=O) groups is 1. The molecule has 1 atom stereocenters. The predicted molar refractivity (Wildman–Crippen MR) is 115 cm³/mol. The zero-order valence-corrected chi connectivity index (χ0v) is 18.3. The van der Waals surface area contributed by atoms with E-state index in [9.17, 15) is 13.2 Å². The van der Waals surface area contributed by atoms with Crippen LogP contribution in [0.2, 0.25) is 0 Å². The number of hydrogen-bond acceptors (Lipinski definition) is 4. The van der Waals surface area contributed by atoms with Gasteiger partial charge in [0.15, 0.2) is 5.78 Å². The van der Waals surface area contributed by atoms with E-state index >= 15 is 0 Å². The van der Waals surface area contributed by atoms with Gasteiger partial charge >= 0.3 is 0 Å². The van der Waals surface area contributed by atoms with Gasteiger partial charge in [0, 0.05) is 6.42 Å². The molecule has 2 aromatic carbocycles. The van der Waals surface area contributed by atoms with Crippen LogP contribution in [0, 0.1) is 19.3 Å². The number of para-hydroxylation sites is 1. The van der Waals surface area contributed by atoms with Crippen molar-refractivity contribution in [3.63, 3.8) is 0 Å². The minimum absolute atomic E-state index is 0.0135. The minimum atomic E-state index is -3.80. The number of Topliss-reactive ketones (excluding diaryl/α,β-unsaturated/α-hetero) is 1. The molecule has 30 heavy (non-hydrogen) atoms. The predicted octanol–water partition coefficient (Wildman–Crippen LogP) is 4.12. The molecule has 7 heteroatoms. The fourth-order valence-electron chi connectivity index (χ4n) is 4.05. The third-order valence-electron chi connectivity index (χ3n) is 5.65. The van der Waals surface area contributed by atoms with Crippen LogP contribution in [0.5, 0.6) is 0 Å². The molecular formula is C23H25N3O3S. The summed E-state index contributed by atoms with van der Waals surface area (Å²) in [4.78, 5) is 13.2. The molecule has 1 aromatic heterocycles. The first-order chi connectivity index (χ1) is 14.1. The molecule has 0 fully saturated rings. The van der Waals surface area contributed by atoms with Crippen molar-refractivity contribution < 1.29 is 13.2 Å². The summed E-state index contributed by atoms with van der Waals surface area (Å²) < 4.78 is 31.0. The van der Waals surface area contributed by atoms with Crippen molar-refractivity contribution in [3.05, 3.63) is 77.1 Å². The maximum Gasteiger partial charge on any atom is 0.241 e. The Kier molecular flexibility index (Phi) is 4.91. The summed E-state index contributed by atoms with van der Waals surface area (Å²) >= 11 is 0. The van der Waals surface area contributed by atoms with Crippen molar-refractivity contribution in [2.75, 3.05) is 0 Å². The smallest absolute Gasteiger partial charge is 0.241 e. The highest BCUT2D eigenvalue weighted by Crippen LogP contribution is 2.45. The first-order valence-corrected chi connectivity index (χ1v) is 11.4. The third kappa shape index (κ3) is 3.48. The summed E-state index contributed by atoms with van der Waals surface area (Å²) in [6, 6.07) is 15.6. The van der Waals surface area contributed by atoms with Crippen molar-refractivity contribution >= 4 is 15.8 Å². The maximum atomic E-state index is 13.2. The number of benzene rings is 2. The molecule has 0 amide bonds. The summed E-state index contributed by atoms with van der Waals surface area (Å²) in [5.74, 6) is -0.0135. The highest BCUT2D eigenvalue weighted by Gasteiger charge is 2.45.